The van der Waals surface area contributed by atoms with Crippen molar-refractivity contribution in [2.45, 2.75) is 26.5 Å². The fourth-order valence-electron chi connectivity index (χ4n) is 2.23. The molecule has 0 aliphatic carbocycles. The van der Waals surface area contributed by atoms with Crippen LogP contribution in [0.1, 0.15) is 34.0 Å². The van der Waals surface area contributed by atoms with Crippen molar-refractivity contribution in [3.05, 3.63) is 70.8 Å². The summed E-state index contributed by atoms with van der Waals surface area (Å²) in [6.07, 6.45) is 0.734. The first kappa shape index (κ1) is 17.7. The number of amides is 2. The first-order valence-corrected chi connectivity index (χ1v) is 7.88. The van der Waals surface area contributed by atoms with Gasteiger partial charge in [0.15, 0.2) is 0 Å². The molecule has 0 saturated heterocycles. The third kappa shape index (κ3) is 5.52. The summed E-state index contributed by atoms with van der Waals surface area (Å²) in [7, 11) is 0. The Balaban J connectivity index is 1.80. The van der Waals surface area contributed by atoms with Crippen molar-refractivity contribution in [3.63, 3.8) is 0 Å². The Morgan fingerprint density at radius 3 is 2.04 bits per heavy atom. The van der Waals surface area contributed by atoms with E-state index >= 15 is 0 Å². The van der Waals surface area contributed by atoms with Gasteiger partial charge in [-0.3, -0.25) is 9.59 Å². The van der Waals surface area contributed by atoms with E-state index in [2.05, 4.69) is 10.6 Å². The SMILES string of the molecule is CC(=O)NCc1ccc(C(=O)NCCc2ccc(CO)cc2)cc1. The minimum absolute atomic E-state index is 0.0367. The molecule has 2 aromatic rings. The van der Waals surface area contributed by atoms with Gasteiger partial charge in [0, 0.05) is 25.6 Å². The molecule has 0 aromatic heterocycles. The van der Waals surface area contributed by atoms with E-state index in [1.54, 1.807) is 12.1 Å². The summed E-state index contributed by atoms with van der Waals surface area (Å²) in [5, 5.41) is 14.6. The molecule has 126 valence electrons. The zero-order valence-corrected chi connectivity index (χ0v) is 13.7. The largest absolute Gasteiger partial charge is 0.392 e. The first-order valence-electron chi connectivity index (χ1n) is 7.88. The zero-order chi connectivity index (χ0) is 17.4. The molecule has 2 amide bonds. The Bertz CT molecular complexity index is 679. The molecule has 0 bridgehead atoms. The number of aliphatic hydroxyl groups excluding tert-OH is 1. The molecule has 0 aliphatic rings. The molecule has 0 saturated carbocycles. The number of rotatable bonds is 7. The molecule has 0 aliphatic heterocycles. The van der Waals surface area contributed by atoms with Crippen molar-refractivity contribution in [1.82, 2.24) is 10.6 Å². The van der Waals surface area contributed by atoms with Gasteiger partial charge in [-0.2, -0.15) is 0 Å². The topological polar surface area (TPSA) is 78.4 Å². The van der Waals surface area contributed by atoms with Crippen LogP contribution in [0.2, 0.25) is 0 Å². The van der Waals surface area contributed by atoms with Crippen LogP contribution in [0.15, 0.2) is 48.5 Å². The number of benzene rings is 2. The first-order chi connectivity index (χ1) is 11.6. The number of carbonyl (C=O) groups is 2. The second kappa shape index (κ2) is 8.84. The van der Waals surface area contributed by atoms with Crippen molar-refractivity contribution < 1.29 is 14.7 Å². The van der Waals surface area contributed by atoms with Gasteiger partial charge in [0.05, 0.1) is 6.61 Å². The number of hydrogen-bond donors (Lipinski definition) is 3. The Labute approximate surface area is 141 Å². The third-order valence-electron chi connectivity index (χ3n) is 3.66. The molecule has 5 nitrogen and oxygen atoms in total. The molecule has 0 unspecified atom stereocenters. The normalized spacial score (nSPS) is 10.2. The van der Waals surface area contributed by atoms with E-state index in [1.807, 2.05) is 36.4 Å². The lowest BCUT2D eigenvalue weighted by atomic mass is 10.1. The molecular formula is C19H22N2O3. The van der Waals surface area contributed by atoms with E-state index < -0.39 is 0 Å². The minimum Gasteiger partial charge on any atom is -0.392 e. The van der Waals surface area contributed by atoms with Gasteiger partial charge < -0.3 is 15.7 Å². The van der Waals surface area contributed by atoms with Crippen LogP contribution < -0.4 is 10.6 Å². The van der Waals surface area contributed by atoms with Gasteiger partial charge in [0.2, 0.25) is 5.91 Å². The average Bonchev–Trinajstić information content (AvgIpc) is 2.61. The van der Waals surface area contributed by atoms with Crippen LogP contribution in [0, 0.1) is 0 Å². The van der Waals surface area contributed by atoms with Gasteiger partial charge in [0.1, 0.15) is 0 Å². The van der Waals surface area contributed by atoms with Gasteiger partial charge in [-0.1, -0.05) is 36.4 Å². The number of nitrogens with one attached hydrogen (secondary N) is 2. The number of hydrogen-bond acceptors (Lipinski definition) is 3. The van der Waals surface area contributed by atoms with Gasteiger partial charge in [-0.05, 0) is 35.2 Å². The molecule has 24 heavy (non-hydrogen) atoms. The summed E-state index contributed by atoms with van der Waals surface area (Å²) in [5.74, 6) is -0.197. The molecule has 3 N–H and O–H groups in total. The quantitative estimate of drug-likeness (QED) is 0.726. The maximum absolute atomic E-state index is 12.1. The highest BCUT2D eigenvalue weighted by molar-refractivity contribution is 5.94. The summed E-state index contributed by atoms with van der Waals surface area (Å²) in [5.41, 5.74) is 3.53. The predicted molar refractivity (Wildman–Crippen MR) is 92.4 cm³/mol. The number of aliphatic hydroxyl groups is 1. The summed E-state index contributed by atoms with van der Waals surface area (Å²) in [4.78, 5) is 23.0. The molecule has 0 radical (unpaired) electrons. The van der Waals surface area contributed by atoms with Crippen molar-refractivity contribution in [2.24, 2.45) is 0 Å². The summed E-state index contributed by atoms with van der Waals surface area (Å²) in [6.45, 7) is 2.51. The van der Waals surface area contributed by atoms with Crippen LogP contribution in [0.25, 0.3) is 0 Å². The van der Waals surface area contributed by atoms with E-state index in [4.69, 9.17) is 5.11 Å². The van der Waals surface area contributed by atoms with Gasteiger partial charge in [-0.25, -0.2) is 0 Å². The Morgan fingerprint density at radius 1 is 0.875 bits per heavy atom. The molecule has 2 aromatic carbocycles. The Morgan fingerprint density at radius 2 is 1.46 bits per heavy atom. The summed E-state index contributed by atoms with van der Waals surface area (Å²) < 4.78 is 0. The third-order valence-corrected chi connectivity index (χ3v) is 3.66. The van der Waals surface area contributed by atoms with E-state index in [9.17, 15) is 9.59 Å². The molecule has 5 heteroatoms. The molecular weight excluding hydrogens is 304 g/mol. The lowest BCUT2D eigenvalue weighted by Gasteiger charge is -2.07. The smallest absolute Gasteiger partial charge is 0.251 e. The van der Waals surface area contributed by atoms with Crippen LogP contribution in [0.3, 0.4) is 0 Å². The lowest BCUT2D eigenvalue weighted by Crippen LogP contribution is -2.25. The fraction of sp³-hybridized carbons (Fsp3) is 0.263. The highest BCUT2D eigenvalue weighted by Crippen LogP contribution is 2.06. The van der Waals surface area contributed by atoms with Crippen LogP contribution >= 0.6 is 0 Å². The lowest BCUT2D eigenvalue weighted by molar-refractivity contribution is -0.119. The molecule has 0 heterocycles. The monoisotopic (exact) mass is 326 g/mol. The van der Waals surface area contributed by atoms with Crippen LogP contribution in [0.4, 0.5) is 0 Å². The van der Waals surface area contributed by atoms with Crippen molar-refractivity contribution >= 4 is 11.8 Å². The van der Waals surface area contributed by atoms with Crippen molar-refractivity contribution in [2.75, 3.05) is 6.54 Å². The molecule has 0 atom stereocenters. The van der Waals surface area contributed by atoms with Gasteiger partial charge in [0.25, 0.3) is 5.91 Å². The Hall–Kier alpha value is -2.66. The van der Waals surface area contributed by atoms with Crippen LogP contribution in [0.5, 0.6) is 0 Å². The van der Waals surface area contributed by atoms with Gasteiger partial charge in [-0.15, -0.1) is 0 Å². The maximum atomic E-state index is 12.1. The molecule has 2 rings (SSSR count). The average molecular weight is 326 g/mol. The standard InChI is InChI=1S/C19H22N2O3/c1-14(23)21-12-16-6-8-18(9-7-16)19(24)20-11-10-15-2-4-17(13-22)5-3-15/h2-9,22H,10-13H2,1H3,(H,20,24)(H,21,23). The highest BCUT2D eigenvalue weighted by atomic mass is 16.3. The van der Waals surface area contributed by atoms with E-state index in [-0.39, 0.29) is 18.4 Å². The maximum Gasteiger partial charge on any atom is 0.251 e. The fourth-order valence-corrected chi connectivity index (χ4v) is 2.23. The van der Waals surface area contributed by atoms with E-state index in [0.717, 1.165) is 23.1 Å². The van der Waals surface area contributed by atoms with E-state index in [0.29, 0.717) is 18.7 Å². The van der Waals surface area contributed by atoms with Gasteiger partial charge >= 0.3 is 0 Å². The summed E-state index contributed by atoms with van der Waals surface area (Å²) in [6, 6.07) is 14.8. The van der Waals surface area contributed by atoms with Crippen LogP contribution in [-0.2, 0) is 24.4 Å². The predicted octanol–water partition coefficient (Wildman–Crippen LogP) is 1.79. The second-order valence-electron chi connectivity index (χ2n) is 5.59. The van der Waals surface area contributed by atoms with E-state index in [1.165, 1.54) is 6.92 Å². The van der Waals surface area contributed by atoms with Crippen LogP contribution in [-0.4, -0.2) is 23.5 Å². The second-order valence-corrected chi connectivity index (χ2v) is 5.59. The van der Waals surface area contributed by atoms with Crippen molar-refractivity contribution in [1.29, 1.82) is 0 Å². The Kier molecular flexibility index (Phi) is 6.51. The zero-order valence-electron chi connectivity index (χ0n) is 13.7. The minimum atomic E-state index is -0.118. The highest BCUT2D eigenvalue weighted by Gasteiger charge is 2.05. The van der Waals surface area contributed by atoms with Crippen molar-refractivity contribution in [3.8, 4) is 0 Å². The molecule has 0 spiro atoms. The summed E-state index contributed by atoms with van der Waals surface area (Å²) >= 11 is 0. The number of carbonyl (C=O) groups excluding carboxylic acids is 2. The molecule has 0 fully saturated rings.